The standard InChI is InChI=1S/C16H35N8O4P.C7H8O3S/c1-17-13(25)21(5)9-29(10-22(6)14(26)18-2,11-23(7)15(27)19-3)12-24(8)16(28)20-4;1-6-2-4-7(5-3-6)11(8,9)10/h9-12H2,1-8H3,(H3-,17,18,19,20,25,26,27,28);2-5H,1H3,(H,8,9,10)/p+1. The van der Waals surface area contributed by atoms with Gasteiger partial charge in [0.05, 0.1) is 12.2 Å². The number of hydrogen-bond acceptors (Lipinski definition) is 6. The van der Waals surface area contributed by atoms with Crippen LogP contribution < -0.4 is 21.3 Å². The van der Waals surface area contributed by atoms with E-state index in [0.29, 0.717) is 25.1 Å². The summed E-state index contributed by atoms with van der Waals surface area (Å²) >= 11 is 0. The summed E-state index contributed by atoms with van der Waals surface area (Å²) in [4.78, 5) is 54.7. The highest BCUT2D eigenvalue weighted by atomic mass is 32.2. The van der Waals surface area contributed by atoms with Crippen LogP contribution in [0.3, 0.4) is 0 Å². The number of nitrogens with zero attached hydrogens (tertiary/aromatic N) is 4. The summed E-state index contributed by atoms with van der Waals surface area (Å²) in [6, 6.07) is 4.83. The lowest BCUT2D eigenvalue weighted by Gasteiger charge is -2.37. The summed E-state index contributed by atoms with van der Waals surface area (Å²) < 4.78 is 29.6. The van der Waals surface area contributed by atoms with Crippen LogP contribution >= 0.6 is 7.26 Å². The molecule has 228 valence electrons. The molecule has 0 spiro atoms. The molecular weight excluding hydrogens is 563 g/mol. The van der Waals surface area contributed by atoms with Crippen LogP contribution in [0.15, 0.2) is 29.2 Å². The maximum absolute atomic E-state index is 12.2. The first kappa shape index (κ1) is 36.6. The molecule has 0 saturated carbocycles. The molecular formula is C23H44N8O7PS+. The fraction of sp³-hybridized carbons (Fsp3) is 0.565. The quantitative estimate of drug-likeness (QED) is 0.206. The molecule has 8 amide bonds. The molecule has 0 aliphatic heterocycles. The van der Waals surface area contributed by atoms with Gasteiger partial charge in [0, 0.05) is 56.4 Å². The Bertz CT molecular complexity index is 1000. The van der Waals surface area contributed by atoms with E-state index in [-0.39, 0.29) is 29.0 Å². The molecule has 0 bridgehead atoms. The Labute approximate surface area is 237 Å². The summed E-state index contributed by atoms with van der Waals surface area (Å²) in [6.45, 7) is 1.84. The van der Waals surface area contributed by atoms with Crippen molar-refractivity contribution in [1.29, 1.82) is 0 Å². The number of benzene rings is 1. The molecule has 1 aromatic carbocycles. The highest BCUT2D eigenvalue weighted by molar-refractivity contribution is 7.85. The Kier molecular flexibility index (Phi) is 15.3. The van der Waals surface area contributed by atoms with Crippen molar-refractivity contribution in [3.63, 3.8) is 0 Å². The molecule has 17 heteroatoms. The van der Waals surface area contributed by atoms with Gasteiger partial charge in [-0.1, -0.05) is 17.7 Å². The fourth-order valence-electron chi connectivity index (χ4n) is 3.80. The minimum Gasteiger partial charge on any atom is -0.341 e. The second-order valence-electron chi connectivity index (χ2n) is 9.21. The number of carbonyl (C=O) groups is 4. The van der Waals surface area contributed by atoms with Crippen LogP contribution in [-0.2, 0) is 10.1 Å². The number of rotatable bonds is 9. The predicted octanol–water partition coefficient (Wildman–Crippen LogP) is 1.16. The number of nitrogens with one attached hydrogen (secondary N) is 4. The lowest BCUT2D eigenvalue weighted by atomic mass is 10.2. The maximum atomic E-state index is 12.2. The summed E-state index contributed by atoms with van der Waals surface area (Å²) in [5.41, 5.74) is 0.956. The van der Waals surface area contributed by atoms with Gasteiger partial charge in [0.1, 0.15) is 25.1 Å². The van der Waals surface area contributed by atoms with Crippen LogP contribution in [0.4, 0.5) is 19.2 Å². The summed E-state index contributed by atoms with van der Waals surface area (Å²) in [7, 11) is 6.36. The molecule has 0 aromatic heterocycles. The summed E-state index contributed by atoms with van der Waals surface area (Å²) in [6.07, 6.45) is 1.21. The average Bonchev–Trinajstić information content (AvgIpc) is 2.90. The van der Waals surface area contributed by atoms with Crippen molar-refractivity contribution in [2.75, 3.05) is 81.5 Å². The van der Waals surface area contributed by atoms with E-state index in [4.69, 9.17) is 4.55 Å². The SMILES string of the molecule is CNC(=O)N(C)C[P+](CN(C)C(=O)NC)(CN(C)C(=O)NC)CN(C)C(=O)NC.Cc1ccc(S(=O)(=O)O)cc1. The van der Waals surface area contributed by atoms with E-state index < -0.39 is 17.4 Å². The monoisotopic (exact) mass is 607 g/mol. The van der Waals surface area contributed by atoms with Gasteiger partial charge >= 0.3 is 24.1 Å². The molecule has 40 heavy (non-hydrogen) atoms. The Balaban J connectivity index is 0.00000114. The first-order chi connectivity index (χ1) is 18.5. The maximum Gasteiger partial charge on any atom is 0.319 e. The molecule has 1 rings (SSSR count). The minimum absolute atomic E-state index is 0.0666. The van der Waals surface area contributed by atoms with Gasteiger partial charge in [0.25, 0.3) is 10.1 Å². The topological polar surface area (TPSA) is 184 Å². The molecule has 1 aromatic rings. The largest absolute Gasteiger partial charge is 0.341 e. The van der Waals surface area contributed by atoms with Gasteiger partial charge in [-0.05, 0) is 19.1 Å². The van der Waals surface area contributed by atoms with Crippen molar-refractivity contribution in [3.8, 4) is 0 Å². The van der Waals surface area contributed by atoms with Crippen LogP contribution in [-0.4, -0.2) is 138 Å². The molecule has 0 radical (unpaired) electrons. The third kappa shape index (κ3) is 12.2. The summed E-state index contributed by atoms with van der Waals surface area (Å²) in [5, 5.41) is 10.3. The first-order valence-electron chi connectivity index (χ1n) is 12.1. The van der Waals surface area contributed by atoms with Crippen LogP contribution in [0.1, 0.15) is 5.56 Å². The lowest BCUT2D eigenvalue weighted by molar-refractivity contribution is 0.211. The molecule has 0 saturated heterocycles. The molecule has 0 aliphatic rings. The first-order valence-corrected chi connectivity index (χ1v) is 16.0. The van der Waals surface area contributed by atoms with Crippen LogP contribution in [0.5, 0.6) is 0 Å². The highest BCUT2D eigenvalue weighted by Crippen LogP contribution is 2.59. The van der Waals surface area contributed by atoms with E-state index in [1.807, 2.05) is 6.92 Å². The highest BCUT2D eigenvalue weighted by Gasteiger charge is 2.46. The Morgan fingerprint density at radius 2 is 0.900 bits per heavy atom. The van der Waals surface area contributed by atoms with Crippen molar-refractivity contribution >= 4 is 41.5 Å². The molecule has 0 heterocycles. The predicted molar refractivity (Wildman–Crippen MR) is 156 cm³/mol. The van der Waals surface area contributed by atoms with Crippen LogP contribution in [0.25, 0.3) is 0 Å². The zero-order chi connectivity index (χ0) is 31.3. The van der Waals surface area contributed by atoms with Gasteiger partial charge in [-0.3, -0.25) is 24.2 Å². The fourth-order valence-corrected chi connectivity index (χ4v) is 8.93. The Morgan fingerprint density at radius 1 is 0.650 bits per heavy atom. The lowest BCUT2D eigenvalue weighted by Crippen LogP contribution is -2.47. The van der Waals surface area contributed by atoms with E-state index in [1.165, 1.54) is 59.9 Å². The smallest absolute Gasteiger partial charge is 0.319 e. The van der Waals surface area contributed by atoms with Crippen LogP contribution in [0.2, 0.25) is 0 Å². The van der Waals surface area contributed by atoms with Crippen molar-refractivity contribution in [2.45, 2.75) is 11.8 Å². The molecule has 0 unspecified atom stereocenters. The third-order valence-corrected chi connectivity index (χ3v) is 10.6. The molecule has 0 aliphatic carbocycles. The molecule has 5 N–H and O–H groups in total. The summed E-state index contributed by atoms with van der Waals surface area (Å²) in [5.74, 6) is 0. The second-order valence-corrected chi connectivity index (χ2v) is 14.4. The third-order valence-electron chi connectivity index (χ3n) is 5.61. The Hall–Kier alpha value is -3.36. The van der Waals surface area contributed by atoms with E-state index in [9.17, 15) is 27.6 Å². The van der Waals surface area contributed by atoms with Gasteiger partial charge in [-0.2, -0.15) is 8.42 Å². The number of amides is 8. The number of urea groups is 4. The van der Waals surface area contributed by atoms with Crippen molar-refractivity contribution < 1.29 is 32.1 Å². The van der Waals surface area contributed by atoms with Crippen molar-refractivity contribution in [2.24, 2.45) is 0 Å². The zero-order valence-corrected chi connectivity index (χ0v) is 26.4. The van der Waals surface area contributed by atoms with Gasteiger partial charge in [-0.15, -0.1) is 0 Å². The number of carbonyl (C=O) groups excluding carboxylic acids is 4. The average molecular weight is 608 g/mol. The zero-order valence-electron chi connectivity index (χ0n) is 24.7. The molecule has 0 fully saturated rings. The minimum atomic E-state index is -4.02. The van der Waals surface area contributed by atoms with Gasteiger partial charge in [-0.25, -0.2) is 19.2 Å². The normalized spacial score (nSPS) is 10.8. The van der Waals surface area contributed by atoms with E-state index in [1.54, 1.807) is 40.3 Å². The van der Waals surface area contributed by atoms with Crippen molar-refractivity contribution in [1.82, 2.24) is 40.9 Å². The Morgan fingerprint density at radius 3 is 1.10 bits per heavy atom. The van der Waals surface area contributed by atoms with E-state index in [0.717, 1.165) is 5.56 Å². The van der Waals surface area contributed by atoms with E-state index in [2.05, 4.69) is 21.3 Å². The second kappa shape index (κ2) is 16.7. The molecule has 15 nitrogen and oxygen atoms in total. The number of hydrogen-bond donors (Lipinski definition) is 5. The van der Waals surface area contributed by atoms with E-state index >= 15 is 0 Å². The van der Waals surface area contributed by atoms with Crippen LogP contribution in [0, 0.1) is 6.92 Å². The van der Waals surface area contributed by atoms with Crippen molar-refractivity contribution in [3.05, 3.63) is 29.8 Å². The van der Waals surface area contributed by atoms with Gasteiger partial charge < -0.3 is 21.3 Å². The van der Waals surface area contributed by atoms with Gasteiger partial charge in [0.15, 0.2) is 0 Å². The van der Waals surface area contributed by atoms with Gasteiger partial charge in [0.2, 0.25) is 0 Å². The number of aryl methyl sites for hydroxylation is 1. The molecule has 0 atom stereocenters.